The molecule has 21 heavy (non-hydrogen) atoms. The highest BCUT2D eigenvalue weighted by Crippen LogP contribution is 2.14. The lowest BCUT2D eigenvalue weighted by Crippen LogP contribution is -2.38. The van der Waals surface area contributed by atoms with Crippen LogP contribution in [0.3, 0.4) is 0 Å². The van der Waals surface area contributed by atoms with E-state index in [-0.39, 0.29) is 12.1 Å². The summed E-state index contributed by atoms with van der Waals surface area (Å²) in [5.74, 6) is 0.368. The zero-order chi connectivity index (χ0) is 15.8. The first kappa shape index (κ1) is 16.8. The number of urea groups is 1. The molecule has 3 N–H and O–H groups in total. The van der Waals surface area contributed by atoms with Gasteiger partial charge in [0.15, 0.2) is 0 Å². The number of hydrogen-bond acceptors (Lipinski definition) is 3. The maximum atomic E-state index is 11.8. The molecule has 0 fully saturated rings. The van der Waals surface area contributed by atoms with Crippen LogP contribution in [0.15, 0.2) is 24.3 Å². The number of hydrogen-bond donors (Lipinski definition) is 3. The maximum Gasteiger partial charge on any atom is 0.411 e. The number of rotatable bonds is 5. The molecule has 0 saturated carbocycles. The fourth-order valence-electron chi connectivity index (χ4n) is 1.46. The van der Waals surface area contributed by atoms with E-state index >= 15 is 0 Å². The highest BCUT2D eigenvalue weighted by atomic mass is 16.5. The number of amides is 3. The summed E-state index contributed by atoms with van der Waals surface area (Å²) in [5, 5.41) is 8.17. The van der Waals surface area contributed by atoms with Gasteiger partial charge in [0.2, 0.25) is 0 Å². The predicted octanol–water partition coefficient (Wildman–Crippen LogP) is 3.42. The van der Waals surface area contributed by atoms with Crippen molar-refractivity contribution in [3.05, 3.63) is 24.3 Å². The molecule has 0 saturated heterocycles. The zero-order valence-electron chi connectivity index (χ0n) is 12.9. The number of nitrogens with one attached hydrogen (secondary N) is 3. The fraction of sp³-hybridized carbons (Fsp3) is 0.467. The van der Waals surface area contributed by atoms with Crippen LogP contribution in [0, 0.1) is 5.92 Å². The summed E-state index contributed by atoms with van der Waals surface area (Å²) in [6.45, 7) is 8.10. The Hall–Kier alpha value is -2.24. The van der Waals surface area contributed by atoms with Gasteiger partial charge in [-0.15, -0.1) is 0 Å². The van der Waals surface area contributed by atoms with Crippen LogP contribution >= 0.6 is 0 Å². The predicted molar refractivity (Wildman–Crippen MR) is 83.5 cm³/mol. The lowest BCUT2D eigenvalue weighted by molar-refractivity contribution is 0.168. The van der Waals surface area contributed by atoms with E-state index in [0.29, 0.717) is 23.9 Å². The van der Waals surface area contributed by atoms with Crippen LogP contribution in [-0.4, -0.2) is 24.8 Å². The molecule has 0 aliphatic rings. The first-order chi connectivity index (χ1) is 9.92. The first-order valence-electron chi connectivity index (χ1n) is 7.03. The van der Waals surface area contributed by atoms with Gasteiger partial charge >= 0.3 is 12.1 Å². The van der Waals surface area contributed by atoms with Gasteiger partial charge in [0, 0.05) is 17.4 Å². The van der Waals surface area contributed by atoms with Gasteiger partial charge in [-0.3, -0.25) is 5.32 Å². The molecule has 1 aromatic carbocycles. The quantitative estimate of drug-likeness (QED) is 0.778. The van der Waals surface area contributed by atoms with Gasteiger partial charge < -0.3 is 15.4 Å². The smallest absolute Gasteiger partial charge is 0.411 e. The molecule has 0 heterocycles. The van der Waals surface area contributed by atoms with Crippen molar-refractivity contribution in [1.29, 1.82) is 0 Å². The fourth-order valence-corrected chi connectivity index (χ4v) is 1.46. The number of ether oxygens (including phenoxy) is 1. The molecular weight excluding hydrogens is 270 g/mol. The Morgan fingerprint density at radius 3 is 2.05 bits per heavy atom. The van der Waals surface area contributed by atoms with Crippen LogP contribution in [0.2, 0.25) is 0 Å². The maximum absolute atomic E-state index is 11.8. The van der Waals surface area contributed by atoms with Gasteiger partial charge in [-0.1, -0.05) is 13.8 Å². The Morgan fingerprint density at radius 2 is 1.57 bits per heavy atom. The van der Waals surface area contributed by atoms with Crippen LogP contribution in [0.5, 0.6) is 0 Å². The SMILES string of the molecule is CCOC(=O)Nc1ccc(NC(=O)NC(C)C(C)C)cc1. The second kappa shape index (κ2) is 8.14. The molecular formula is C15H23N3O3. The van der Waals surface area contributed by atoms with E-state index in [1.807, 2.05) is 20.8 Å². The molecule has 0 aliphatic carbocycles. The summed E-state index contributed by atoms with van der Waals surface area (Å²) in [6.07, 6.45) is -0.498. The third-order valence-corrected chi connectivity index (χ3v) is 3.02. The van der Waals surface area contributed by atoms with Gasteiger partial charge in [0.1, 0.15) is 0 Å². The Bertz CT molecular complexity index is 472. The second-order valence-electron chi connectivity index (χ2n) is 5.05. The number of anilines is 2. The van der Waals surface area contributed by atoms with E-state index in [2.05, 4.69) is 16.0 Å². The molecule has 3 amide bonds. The van der Waals surface area contributed by atoms with E-state index in [9.17, 15) is 9.59 Å². The van der Waals surface area contributed by atoms with Crippen molar-refractivity contribution < 1.29 is 14.3 Å². The van der Waals surface area contributed by atoms with Gasteiger partial charge in [0.25, 0.3) is 0 Å². The molecule has 0 spiro atoms. The van der Waals surface area contributed by atoms with E-state index in [4.69, 9.17) is 4.74 Å². The van der Waals surface area contributed by atoms with Crippen molar-refractivity contribution in [2.75, 3.05) is 17.2 Å². The van der Waals surface area contributed by atoms with Crippen molar-refractivity contribution >= 4 is 23.5 Å². The molecule has 1 atom stereocenters. The summed E-state index contributed by atoms with van der Waals surface area (Å²) >= 11 is 0. The van der Waals surface area contributed by atoms with E-state index in [0.717, 1.165) is 0 Å². The Balaban J connectivity index is 2.51. The lowest BCUT2D eigenvalue weighted by atomic mass is 10.1. The lowest BCUT2D eigenvalue weighted by Gasteiger charge is -2.17. The van der Waals surface area contributed by atoms with Crippen molar-refractivity contribution in [2.24, 2.45) is 5.92 Å². The molecule has 1 rings (SSSR count). The van der Waals surface area contributed by atoms with Crippen molar-refractivity contribution in [1.82, 2.24) is 5.32 Å². The van der Waals surface area contributed by atoms with Crippen LogP contribution in [0.25, 0.3) is 0 Å². The third kappa shape index (κ3) is 6.16. The minimum atomic E-state index is -0.498. The molecule has 1 aromatic rings. The van der Waals surface area contributed by atoms with Crippen LogP contribution < -0.4 is 16.0 Å². The van der Waals surface area contributed by atoms with Crippen LogP contribution in [-0.2, 0) is 4.74 Å². The minimum Gasteiger partial charge on any atom is -0.450 e. The van der Waals surface area contributed by atoms with E-state index in [1.165, 1.54) is 0 Å². The zero-order valence-corrected chi connectivity index (χ0v) is 12.9. The Labute approximate surface area is 125 Å². The van der Waals surface area contributed by atoms with Crippen molar-refractivity contribution in [3.63, 3.8) is 0 Å². The summed E-state index contributed by atoms with van der Waals surface area (Å²) in [7, 11) is 0. The normalized spacial score (nSPS) is 11.7. The molecule has 0 aliphatic heterocycles. The molecule has 0 bridgehead atoms. The van der Waals surface area contributed by atoms with E-state index < -0.39 is 6.09 Å². The second-order valence-corrected chi connectivity index (χ2v) is 5.05. The summed E-state index contributed by atoms with van der Waals surface area (Å²) < 4.78 is 4.78. The highest BCUT2D eigenvalue weighted by Gasteiger charge is 2.10. The van der Waals surface area contributed by atoms with Gasteiger partial charge in [0.05, 0.1) is 6.61 Å². The topological polar surface area (TPSA) is 79.5 Å². The summed E-state index contributed by atoms with van der Waals surface area (Å²) in [5.41, 5.74) is 1.26. The van der Waals surface area contributed by atoms with E-state index in [1.54, 1.807) is 31.2 Å². The Kier molecular flexibility index (Phi) is 6.52. The van der Waals surface area contributed by atoms with Crippen molar-refractivity contribution in [2.45, 2.75) is 33.7 Å². The van der Waals surface area contributed by atoms with Crippen LogP contribution in [0.1, 0.15) is 27.7 Å². The summed E-state index contributed by atoms with van der Waals surface area (Å²) in [4.78, 5) is 23.0. The molecule has 116 valence electrons. The minimum absolute atomic E-state index is 0.0924. The van der Waals surface area contributed by atoms with Gasteiger partial charge in [-0.05, 0) is 44.0 Å². The standard InChI is InChI=1S/C15H23N3O3/c1-5-21-15(20)18-13-8-6-12(7-9-13)17-14(19)16-11(4)10(2)3/h6-11H,5H2,1-4H3,(H,18,20)(H2,16,17,19). The summed E-state index contributed by atoms with van der Waals surface area (Å²) in [6, 6.07) is 6.65. The van der Waals surface area contributed by atoms with Gasteiger partial charge in [-0.2, -0.15) is 0 Å². The third-order valence-electron chi connectivity index (χ3n) is 3.02. The largest absolute Gasteiger partial charge is 0.450 e. The molecule has 6 nitrogen and oxygen atoms in total. The first-order valence-corrected chi connectivity index (χ1v) is 7.03. The molecule has 1 unspecified atom stereocenters. The van der Waals surface area contributed by atoms with Gasteiger partial charge in [-0.25, -0.2) is 9.59 Å². The number of benzene rings is 1. The molecule has 0 aromatic heterocycles. The Morgan fingerprint density at radius 1 is 1.05 bits per heavy atom. The van der Waals surface area contributed by atoms with Crippen LogP contribution in [0.4, 0.5) is 21.0 Å². The average molecular weight is 293 g/mol. The van der Waals surface area contributed by atoms with Crippen molar-refractivity contribution in [3.8, 4) is 0 Å². The number of carbonyl (C=O) groups excluding carboxylic acids is 2. The average Bonchev–Trinajstić information content (AvgIpc) is 2.41. The molecule has 6 heteroatoms. The number of carbonyl (C=O) groups is 2. The monoisotopic (exact) mass is 293 g/mol. The highest BCUT2D eigenvalue weighted by molar-refractivity contribution is 5.90. The molecule has 0 radical (unpaired) electrons.